The first-order valence-electron chi connectivity index (χ1n) is 9.59. The van der Waals surface area contributed by atoms with Crippen molar-refractivity contribution in [1.29, 1.82) is 0 Å². The molecule has 1 aliphatic carbocycles. The minimum atomic E-state index is -3.66. The molecule has 2 aliphatic rings. The minimum Gasteiger partial charge on any atom is -0.356 e. The third kappa shape index (κ3) is 5.52. The summed E-state index contributed by atoms with van der Waals surface area (Å²) in [5, 5.41) is 5.82. The van der Waals surface area contributed by atoms with Crippen molar-refractivity contribution in [3.8, 4) is 0 Å². The summed E-state index contributed by atoms with van der Waals surface area (Å²) in [4.78, 5) is 24.7. The van der Waals surface area contributed by atoms with Crippen LogP contribution in [0.15, 0.2) is 35.2 Å². The van der Waals surface area contributed by atoms with Crippen LogP contribution in [-0.4, -0.2) is 50.2 Å². The second-order valence-corrected chi connectivity index (χ2v) is 9.17. The van der Waals surface area contributed by atoms with Crippen LogP contribution in [-0.2, 0) is 19.6 Å². The molecule has 148 valence electrons. The molecule has 2 N–H and O–H groups in total. The van der Waals surface area contributed by atoms with Gasteiger partial charge in [-0.25, -0.2) is 8.42 Å². The third-order valence-corrected chi connectivity index (χ3v) is 6.95. The molecule has 2 amide bonds. The fourth-order valence-electron chi connectivity index (χ4n) is 3.26. The highest BCUT2D eigenvalue weighted by atomic mass is 32.2. The van der Waals surface area contributed by atoms with Gasteiger partial charge in [-0.15, -0.1) is 0 Å². The van der Waals surface area contributed by atoms with Crippen molar-refractivity contribution in [3.05, 3.63) is 30.3 Å². The van der Waals surface area contributed by atoms with Gasteiger partial charge in [0.1, 0.15) is 0 Å². The zero-order chi connectivity index (χ0) is 19.3. The maximum Gasteiger partial charge on any atom is 0.243 e. The van der Waals surface area contributed by atoms with Crippen LogP contribution in [0.1, 0.15) is 38.5 Å². The number of hydrogen-bond acceptors (Lipinski definition) is 4. The van der Waals surface area contributed by atoms with E-state index in [1.165, 1.54) is 4.31 Å². The molecule has 0 aromatic heterocycles. The molecule has 2 fully saturated rings. The van der Waals surface area contributed by atoms with E-state index in [0.29, 0.717) is 38.4 Å². The van der Waals surface area contributed by atoms with E-state index in [0.717, 1.165) is 12.8 Å². The second kappa shape index (κ2) is 8.84. The maximum atomic E-state index is 12.9. The fourth-order valence-corrected chi connectivity index (χ4v) is 4.76. The van der Waals surface area contributed by atoms with E-state index < -0.39 is 10.0 Å². The summed E-state index contributed by atoms with van der Waals surface area (Å²) < 4.78 is 27.2. The largest absolute Gasteiger partial charge is 0.356 e. The summed E-state index contributed by atoms with van der Waals surface area (Å²) in [5.41, 5.74) is 0. The monoisotopic (exact) mass is 393 g/mol. The van der Waals surface area contributed by atoms with Gasteiger partial charge in [-0.05, 0) is 44.2 Å². The number of hydrogen-bond donors (Lipinski definition) is 2. The van der Waals surface area contributed by atoms with Crippen LogP contribution < -0.4 is 10.6 Å². The highest BCUT2D eigenvalue weighted by molar-refractivity contribution is 7.89. The van der Waals surface area contributed by atoms with Gasteiger partial charge in [0.2, 0.25) is 21.8 Å². The zero-order valence-electron chi connectivity index (χ0n) is 15.4. The molecule has 0 bridgehead atoms. The molecule has 1 aromatic carbocycles. The Labute approximate surface area is 160 Å². The lowest BCUT2D eigenvalue weighted by Crippen LogP contribution is -2.35. The molecule has 1 atom stereocenters. The Morgan fingerprint density at radius 3 is 2.52 bits per heavy atom. The van der Waals surface area contributed by atoms with E-state index >= 15 is 0 Å². The maximum absolute atomic E-state index is 12.9. The average molecular weight is 394 g/mol. The zero-order valence-corrected chi connectivity index (χ0v) is 16.2. The number of carbonyl (C=O) groups is 2. The van der Waals surface area contributed by atoms with E-state index in [-0.39, 0.29) is 35.6 Å². The molecule has 1 heterocycles. The first kappa shape index (κ1) is 19.8. The van der Waals surface area contributed by atoms with Crippen LogP contribution >= 0.6 is 0 Å². The van der Waals surface area contributed by atoms with E-state index in [4.69, 9.17) is 0 Å². The Balaban J connectivity index is 1.70. The molecular weight excluding hydrogens is 366 g/mol. The summed E-state index contributed by atoms with van der Waals surface area (Å²) in [7, 11) is -3.66. The van der Waals surface area contributed by atoms with Crippen molar-refractivity contribution in [3.63, 3.8) is 0 Å². The van der Waals surface area contributed by atoms with E-state index in [1.54, 1.807) is 30.3 Å². The highest BCUT2D eigenvalue weighted by Crippen LogP contribution is 2.22. The van der Waals surface area contributed by atoms with E-state index in [2.05, 4.69) is 10.6 Å². The Kier molecular flexibility index (Phi) is 6.49. The Morgan fingerprint density at radius 1 is 1.07 bits per heavy atom. The molecule has 1 saturated carbocycles. The fraction of sp³-hybridized carbons (Fsp3) is 0.579. The summed E-state index contributed by atoms with van der Waals surface area (Å²) in [6, 6.07) is 8.55. The Morgan fingerprint density at radius 2 is 1.81 bits per heavy atom. The van der Waals surface area contributed by atoms with Crippen molar-refractivity contribution in [2.75, 3.05) is 19.6 Å². The smallest absolute Gasteiger partial charge is 0.243 e. The molecule has 1 aliphatic heterocycles. The normalized spacial score (nSPS) is 23.1. The number of amides is 2. The molecule has 1 aromatic rings. The third-order valence-electron chi connectivity index (χ3n) is 5.04. The van der Waals surface area contributed by atoms with Crippen molar-refractivity contribution in [1.82, 2.24) is 14.9 Å². The van der Waals surface area contributed by atoms with Gasteiger partial charge in [0.05, 0.1) is 4.90 Å². The molecule has 3 rings (SSSR count). The Hall–Kier alpha value is -1.93. The number of nitrogens with one attached hydrogen (secondary N) is 2. The van der Waals surface area contributed by atoms with Gasteiger partial charge in [0.25, 0.3) is 0 Å². The van der Waals surface area contributed by atoms with Crippen LogP contribution in [0.25, 0.3) is 0 Å². The number of benzene rings is 1. The lowest BCUT2D eigenvalue weighted by atomic mass is 9.98. The number of carbonyl (C=O) groups excluding carboxylic acids is 2. The Bertz CT molecular complexity index is 762. The van der Waals surface area contributed by atoms with Crippen molar-refractivity contribution in [2.45, 2.75) is 49.5 Å². The summed E-state index contributed by atoms with van der Waals surface area (Å²) >= 11 is 0. The molecule has 1 saturated heterocycles. The molecule has 8 heteroatoms. The van der Waals surface area contributed by atoms with Crippen molar-refractivity contribution in [2.24, 2.45) is 5.92 Å². The van der Waals surface area contributed by atoms with Gasteiger partial charge in [-0.1, -0.05) is 18.2 Å². The molecule has 27 heavy (non-hydrogen) atoms. The highest BCUT2D eigenvalue weighted by Gasteiger charge is 2.29. The predicted octanol–water partition coefficient (Wildman–Crippen LogP) is 1.26. The number of nitrogens with zero attached hydrogens (tertiary/aromatic N) is 1. The topological polar surface area (TPSA) is 95.6 Å². The van der Waals surface area contributed by atoms with Gasteiger partial charge in [-0.3, -0.25) is 9.59 Å². The SMILES string of the molecule is O=C1CCN(S(=O)(=O)c2ccccc2)CCCC(C(=O)NC2CC2)CCN1. The van der Waals surface area contributed by atoms with Crippen LogP contribution in [0.3, 0.4) is 0 Å². The summed E-state index contributed by atoms with van der Waals surface area (Å²) in [6.07, 6.45) is 3.94. The van der Waals surface area contributed by atoms with Gasteiger partial charge in [0, 0.05) is 38.0 Å². The molecule has 1 unspecified atom stereocenters. The predicted molar refractivity (Wildman–Crippen MR) is 101 cm³/mol. The van der Waals surface area contributed by atoms with Crippen LogP contribution in [0.5, 0.6) is 0 Å². The molecule has 0 radical (unpaired) electrons. The van der Waals surface area contributed by atoms with Crippen LogP contribution in [0, 0.1) is 5.92 Å². The van der Waals surface area contributed by atoms with Gasteiger partial charge in [0.15, 0.2) is 0 Å². The van der Waals surface area contributed by atoms with Crippen LogP contribution in [0.4, 0.5) is 0 Å². The van der Waals surface area contributed by atoms with Crippen molar-refractivity contribution < 1.29 is 18.0 Å². The van der Waals surface area contributed by atoms with Gasteiger partial charge < -0.3 is 10.6 Å². The van der Waals surface area contributed by atoms with E-state index in [1.807, 2.05) is 0 Å². The minimum absolute atomic E-state index is 0.0171. The van der Waals surface area contributed by atoms with E-state index in [9.17, 15) is 18.0 Å². The van der Waals surface area contributed by atoms with Gasteiger partial charge in [-0.2, -0.15) is 4.31 Å². The standard InChI is InChI=1S/C19H27N3O4S/c23-18-11-14-22(27(25,26)17-6-2-1-3-7-17)13-4-5-15(10-12-20-18)19(24)21-16-8-9-16/h1-3,6-7,15-16H,4-5,8-14H2,(H,20,23)(H,21,24). The first-order valence-corrected chi connectivity index (χ1v) is 11.0. The molecule has 0 spiro atoms. The van der Waals surface area contributed by atoms with Crippen LogP contribution in [0.2, 0.25) is 0 Å². The first-order chi connectivity index (χ1) is 13.0. The summed E-state index contributed by atoms with van der Waals surface area (Å²) in [5.74, 6) is -0.375. The van der Waals surface area contributed by atoms with Gasteiger partial charge >= 0.3 is 0 Å². The van der Waals surface area contributed by atoms with Crippen molar-refractivity contribution >= 4 is 21.8 Å². The number of sulfonamides is 1. The molecule has 7 nitrogen and oxygen atoms in total. The quantitative estimate of drug-likeness (QED) is 0.805. The number of rotatable bonds is 4. The second-order valence-electron chi connectivity index (χ2n) is 7.23. The lowest BCUT2D eigenvalue weighted by Gasteiger charge is -2.22. The summed E-state index contributed by atoms with van der Waals surface area (Å²) in [6.45, 7) is 0.882. The average Bonchev–Trinajstić information content (AvgIpc) is 3.47. The molecular formula is C19H27N3O4S. The lowest BCUT2D eigenvalue weighted by molar-refractivity contribution is -0.126.